The summed E-state index contributed by atoms with van der Waals surface area (Å²) in [5.41, 5.74) is 0. The van der Waals surface area contributed by atoms with Crippen LogP contribution in [0.5, 0.6) is 0 Å². The van der Waals surface area contributed by atoms with Gasteiger partial charge < -0.3 is 24.2 Å². The molecule has 450 valence electrons. The second-order valence-corrected chi connectivity index (χ2v) is 20.8. The van der Waals surface area contributed by atoms with E-state index >= 15 is 0 Å². The van der Waals surface area contributed by atoms with Crippen LogP contribution in [0.1, 0.15) is 213 Å². The van der Waals surface area contributed by atoms with Crippen molar-refractivity contribution < 1.29 is 52.2 Å². The first kappa shape index (κ1) is 75.1. The van der Waals surface area contributed by atoms with Gasteiger partial charge in [-0.3, -0.25) is 23.4 Å². The topological polar surface area (TPSA) is 155 Å². The van der Waals surface area contributed by atoms with Crippen molar-refractivity contribution in [3.8, 4) is 0 Å². The van der Waals surface area contributed by atoms with Crippen molar-refractivity contribution in [2.24, 2.45) is 0 Å². The SMILES string of the molecule is CC/C=C\C/C=C\C/C=C\C/C=C\C/C=C\C/C=C\CCC(=O)OC(COC(=O)CCCCCCC/C=C\C/C=C\CCCCC)COP(=O)(O)OCC(CO)OC(=O)CCCCC/C=C\C/C=C\C/C=C\C/C=C\C/C=C\CC. The molecule has 3 atom stereocenters. The lowest BCUT2D eigenvalue weighted by molar-refractivity contribution is -0.161. The second-order valence-electron chi connectivity index (χ2n) is 19.4. The molecular formula is C68H107O11P. The van der Waals surface area contributed by atoms with Gasteiger partial charge in [0.25, 0.3) is 0 Å². The molecular weight excluding hydrogens is 1020 g/mol. The molecule has 0 saturated carbocycles. The molecule has 0 fully saturated rings. The smallest absolute Gasteiger partial charge is 0.462 e. The lowest BCUT2D eigenvalue weighted by Crippen LogP contribution is -2.30. The van der Waals surface area contributed by atoms with E-state index in [0.29, 0.717) is 25.7 Å². The molecule has 11 nitrogen and oxygen atoms in total. The molecule has 12 heteroatoms. The average molecular weight is 1130 g/mol. The minimum Gasteiger partial charge on any atom is -0.462 e. The molecule has 0 heterocycles. The van der Waals surface area contributed by atoms with Gasteiger partial charge in [-0.1, -0.05) is 217 Å². The van der Waals surface area contributed by atoms with Crippen LogP contribution in [0.25, 0.3) is 0 Å². The number of aliphatic hydroxyl groups is 1. The Kier molecular flexibility index (Phi) is 56.5. The Hall–Kier alpha value is -4.90. The lowest BCUT2D eigenvalue weighted by Gasteiger charge is -2.21. The molecule has 2 N–H and O–H groups in total. The van der Waals surface area contributed by atoms with Crippen LogP contribution in [-0.4, -0.2) is 66.5 Å². The van der Waals surface area contributed by atoms with Crippen LogP contribution >= 0.6 is 7.82 Å². The standard InChI is InChI=1S/C68H107O11P/c1-4-7-10-13-16-19-22-25-28-30-32-34-37-40-43-46-49-52-55-58-67(71)78-64(60-69)62-76-80(73,74)77-63-65(61-75-66(70)57-54-51-48-45-42-39-36-27-24-21-18-15-12-9-6-3)79-68(72)59-56-53-50-47-44-41-38-35-33-31-29-26-23-20-17-14-11-8-5-2/h7-8,10-11,16-21,25-29,32-36,40-41,43-44,50,53,64-65,69H,4-6,9,12-15,22-24,30-31,37-39,42,45-49,51-52,54-63H2,1-3H3,(H,73,74)/b10-7-,11-8-,19-16-,20-17-,21-18-,28-25-,29-26-,34-32-,35-33-,36-27-,43-40-,44-41-,53-50-. The van der Waals surface area contributed by atoms with Crippen molar-refractivity contribution in [1.82, 2.24) is 0 Å². The number of phosphoric acid groups is 1. The summed E-state index contributed by atoms with van der Waals surface area (Å²) in [6.07, 6.45) is 79.2. The summed E-state index contributed by atoms with van der Waals surface area (Å²) in [5.74, 6) is -1.64. The van der Waals surface area contributed by atoms with Crippen LogP contribution in [0.2, 0.25) is 0 Å². The zero-order valence-corrected chi connectivity index (χ0v) is 50.6. The van der Waals surface area contributed by atoms with Crippen LogP contribution in [0, 0.1) is 0 Å². The predicted molar refractivity (Wildman–Crippen MR) is 334 cm³/mol. The van der Waals surface area contributed by atoms with Gasteiger partial charge in [-0.15, -0.1) is 0 Å². The molecule has 0 spiro atoms. The number of carbonyl (C=O) groups is 3. The van der Waals surface area contributed by atoms with E-state index in [9.17, 15) is 28.9 Å². The third kappa shape index (κ3) is 57.8. The van der Waals surface area contributed by atoms with Crippen LogP contribution < -0.4 is 0 Å². The molecule has 80 heavy (non-hydrogen) atoms. The van der Waals surface area contributed by atoms with Gasteiger partial charge >= 0.3 is 25.7 Å². The van der Waals surface area contributed by atoms with Crippen molar-refractivity contribution in [2.75, 3.05) is 26.4 Å². The molecule has 0 aliphatic heterocycles. The summed E-state index contributed by atoms with van der Waals surface area (Å²) in [7, 11) is -4.80. The average Bonchev–Trinajstić information content (AvgIpc) is 3.45. The molecule has 0 aromatic rings. The molecule has 0 aromatic carbocycles. The third-order valence-electron chi connectivity index (χ3n) is 11.9. The Morgan fingerprint density at radius 2 is 0.675 bits per heavy atom. The molecule has 0 radical (unpaired) electrons. The summed E-state index contributed by atoms with van der Waals surface area (Å²) in [6, 6.07) is 0. The summed E-state index contributed by atoms with van der Waals surface area (Å²) >= 11 is 0. The fourth-order valence-corrected chi connectivity index (χ4v) is 8.16. The molecule has 0 bridgehead atoms. The Balaban J connectivity index is 4.89. The molecule has 0 saturated heterocycles. The van der Waals surface area contributed by atoms with Crippen LogP contribution in [-0.2, 0) is 42.2 Å². The van der Waals surface area contributed by atoms with E-state index in [0.717, 1.165) is 128 Å². The lowest BCUT2D eigenvalue weighted by atomic mass is 10.1. The van der Waals surface area contributed by atoms with E-state index in [-0.39, 0.29) is 25.9 Å². The molecule has 0 aliphatic carbocycles. The number of aliphatic hydroxyl groups excluding tert-OH is 1. The van der Waals surface area contributed by atoms with E-state index in [1.54, 1.807) is 0 Å². The summed E-state index contributed by atoms with van der Waals surface area (Å²) in [4.78, 5) is 48.6. The highest BCUT2D eigenvalue weighted by atomic mass is 31.2. The third-order valence-corrected chi connectivity index (χ3v) is 12.9. The maximum atomic E-state index is 12.9. The number of ether oxygens (including phenoxy) is 3. The van der Waals surface area contributed by atoms with Gasteiger partial charge in [-0.2, -0.15) is 0 Å². The maximum Gasteiger partial charge on any atom is 0.472 e. The van der Waals surface area contributed by atoms with E-state index in [1.807, 2.05) is 12.2 Å². The molecule has 0 aromatic heterocycles. The summed E-state index contributed by atoms with van der Waals surface area (Å²) in [6.45, 7) is 4.23. The Bertz CT molecular complexity index is 1950. The van der Waals surface area contributed by atoms with Crippen molar-refractivity contribution in [3.05, 3.63) is 158 Å². The van der Waals surface area contributed by atoms with E-state index < -0.39 is 57.8 Å². The number of hydrogen-bond acceptors (Lipinski definition) is 10. The number of phosphoric ester groups is 1. The predicted octanol–water partition coefficient (Wildman–Crippen LogP) is 18.5. The number of unbranched alkanes of at least 4 members (excludes halogenated alkanes) is 11. The second kappa shape index (κ2) is 60.2. The summed E-state index contributed by atoms with van der Waals surface area (Å²) < 4.78 is 39.5. The van der Waals surface area contributed by atoms with Crippen LogP contribution in [0.15, 0.2) is 158 Å². The van der Waals surface area contributed by atoms with Crippen molar-refractivity contribution >= 4 is 25.7 Å². The first-order chi connectivity index (χ1) is 39.2. The Morgan fingerprint density at radius 1 is 0.362 bits per heavy atom. The first-order valence-electron chi connectivity index (χ1n) is 30.4. The number of carbonyl (C=O) groups excluding carboxylic acids is 3. The monoisotopic (exact) mass is 1130 g/mol. The van der Waals surface area contributed by atoms with E-state index in [2.05, 4.69) is 167 Å². The molecule has 0 aliphatic rings. The van der Waals surface area contributed by atoms with Gasteiger partial charge in [0.1, 0.15) is 12.7 Å². The fraction of sp³-hybridized carbons (Fsp3) is 0.574. The van der Waals surface area contributed by atoms with Gasteiger partial charge in [0.2, 0.25) is 0 Å². The Morgan fingerprint density at radius 3 is 1.09 bits per heavy atom. The highest BCUT2D eigenvalue weighted by Crippen LogP contribution is 2.43. The number of rotatable bonds is 54. The molecule has 0 amide bonds. The van der Waals surface area contributed by atoms with Crippen LogP contribution in [0.3, 0.4) is 0 Å². The maximum absolute atomic E-state index is 12.9. The van der Waals surface area contributed by atoms with Gasteiger partial charge in [-0.25, -0.2) is 4.57 Å². The normalized spacial score (nSPS) is 14.4. The molecule has 0 rings (SSSR count). The zero-order valence-electron chi connectivity index (χ0n) is 49.7. The minimum absolute atomic E-state index is 0.0275. The zero-order chi connectivity index (χ0) is 58.3. The Labute approximate surface area is 485 Å². The van der Waals surface area contributed by atoms with Gasteiger partial charge in [0, 0.05) is 19.3 Å². The van der Waals surface area contributed by atoms with E-state index in [1.165, 1.54) is 19.3 Å². The highest BCUT2D eigenvalue weighted by Gasteiger charge is 2.28. The molecule has 3 unspecified atom stereocenters. The number of hydrogen-bond donors (Lipinski definition) is 2. The van der Waals surface area contributed by atoms with Gasteiger partial charge in [0.15, 0.2) is 6.10 Å². The largest absolute Gasteiger partial charge is 0.472 e. The van der Waals surface area contributed by atoms with Crippen molar-refractivity contribution in [3.63, 3.8) is 0 Å². The quantitative estimate of drug-likeness (QED) is 0.0197. The fourth-order valence-electron chi connectivity index (χ4n) is 7.38. The summed E-state index contributed by atoms with van der Waals surface area (Å²) in [5, 5.41) is 9.84. The first-order valence-corrected chi connectivity index (χ1v) is 31.9. The van der Waals surface area contributed by atoms with E-state index in [4.69, 9.17) is 23.3 Å². The van der Waals surface area contributed by atoms with Crippen LogP contribution in [0.4, 0.5) is 0 Å². The highest BCUT2D eigenvalue weighted by molar-refractivity contribution is 7.47. The number of esters is 3. The number of allylic oxidation sites excluding steroid dienone is 26. The van der Waals surface area contributed by atoms with Crippen molar-refractivity contribution in [2.45, 2.75) is 226 Å². The van der Waals surface area contributed by atoms with Crippen molar-refractivity contribution in [1.29, 1.82) is 0 Å². The minimum atomic E-state index is -4.80. The van der Waals surface area contributed by atoms with Gasteiger partial charge in [-0.05, 0) is 135 Å². The van der Waals surface area contributed by atoms with Gasteiger partial charge in [0.05, 0.1) is 19.8 Å².